The van der Waals surface area contributed by atoms with Crippen molar-refractivity contribution in [1.82, 2.24) is 15.2 Å². The van der Waals surface area contributed by atoms with Crippen LogP contribution >= 0.6 is 0 Å². The Kier molecular flexibility index (Phi) is 6.18. The fraction of sp³-hybridized carbons (Fsp3) is 0.368. The molecule has 0 aliphatic heterocycles. The van der Waals surface area contributed by atoms with Crippen molar-refractivity contribution >= 4 is 11.8 Å². The summed E-state index contributed by atoms with van der Waals surface area (Å²) in [7, 11) is 7.86. The lowest BCUT2D eigenvalue weighted by atomic mass is 10.1. The minimum atomic E-state index is 0.716. The van der Waals surface area contributed by atoms with E-state index in [0.29, 0.717) is 6.54 Å². The SMILES string of the molecule is CN=C(NCc1ccnc(N(C)C)c1)N(C)Cc1ccccc1C. The Balaban J connectivity index is 1.99. The number of aromatic nitrogens is 1. The number of benzene rings is 1. The normalized spacial score (nSPS) is 11.3. The van der Waals surface area contributed by atoms with Gasteiger partial charge in [-0.3, -0.25) is 4.99 Å². The molecular weight excluding hydrogens is 298 g/mol. The molecule has 0 unspecified atom stereocenters. The quantitative estimate of drug-likeness (QED) is 0.678. The molecule has 0 amide bonds. The smallest absolute Gasteiger partial charge is 0.193 e. The predicted molar refractivity (Wildman–Crippen MR) is 101 cm³/mol. The van der Waals surface area contributed by atoms with Crippen molar-refractivity contribution < 1.29 is 0 Å². The Morgan fingerprint density at radius 1 is 1.17 bits per heavy atom. The number of aryl methyl sites for hydroxylation is 1. The number of nitrogens with one attached hydrogen (secondary N) is 1. The van der Waals surface area contributed by atoms with Crippen molar-refractivity contribution in [3.05, 3.63) is 59.3 Å². The third-order valence-corrected chi connectivity index (χ3v) is 3.96. The number of aliphatic imine (C=N–C) groups is 1. The van der Waals surface area contributed by atoms with Crippen molar-refractivity contribution in [3.8, 4) is 0 Å². The average molecular weight is 325 g/mol. The summed E-state index contributed by atoms with van der Waals surface area (Å²) in [6.07, 6.45) is 1.84. The summed E-state index contributed by atoms with van der Waals surface area (Å²) < 4.78 is 0. The lowest BCUT2D eigenvalue weighted by Crippen LogP contribution is -2.38. The molecule has 0 radical (unpaired) electrons. The fourth-order valence-electron chi connectivity index (χ4n) is 2.50. The molecule has 1 N–H and O–H groups in total. The maximum absolute atomic E-state index is 4.39. The standard InChI is InChI=1S/C19H27N5/c1-15-8-6-7-9-17(15)14-24(5)19(20-2)22-13-16-10-11-21-18(12-16)23(3)4/h6-12H,13-14H2,1-5H3,(H,20,22). The average Bonchev–Trinajstić information content (AvgIpc) is 2.57. The molecule has 0 atom stereocenters. The summed E-state index contributed by atoms with van der Waals surface area (Å²) in [5, 5.41) is 3.42. The van der Waals surface area contributed by atoms with E-state index in [2.05, 4.69) is 64.5 Å². The summed E-state index contributed by atoms with van der Waals surface area (Å²) in [5.41, 5.74) is 3.78. The van der Waals surface area contributed by atoms with E-state index in [9.17, 15) is 0 Å². The number of hydrogen-bond donors (Lipinski definition) is 1. The minimum absolute atomic E-state index is 0.716. The van der Waals surface area contributed by atoms with E-state index < -0.39 is 0 Å². The van der Waals surface area contributed by atoms with Gasteiger partial charge in [-0.1, -0.05) is 24.3 Å². The highest BCUT2D eigenvalue weighted by Crippen LogP contribution is 2.11. The molecular formula is C19H27N5. The van der Waals surface area contributed by atoms with Crippen LogP contribution in [0.3, 0.4) is 0 Å². The number of hydrogen-bond acceptors (Lipinski definition) is 3. The molecule has 2 rings (SSSR count). The van der Waals surface area contributed by atoms with Crippen LogP contribution in [0, 0.1) is 6.92 Å². The van der Waals surface area contributed by atoms with Crippen LogP contribution in [0.1, 0.15) is 16.7 Å². The van der Waals surface area contributed by atoms with Crippen LogP contribution in [0.25, 0.3) is 0 Å². The fourth-order valence-corrected chi connectivity index (χ4v) is 2.50. The molecule has 0 fully saturated rings. The highest BCUT2D eigenvalue weighted by molar-refractivity contribution is 5.79. The Labute approximate surface area is 145 Å². The van der Waals surface area contributed by atoms with Crippen molar-refractivity contribution in [2.75, 3.05) is 33.1 Å². The Bertz CT molecular complexity index is 694. The van der Waals surface area contributed by atoms with Gasteiger partial charge in [0.1, 0.15) is 5.82 Å². The Morgan fingerprint density at radius 2 is 1.92 bits per heavy atom. The molecule has 0 aliphatic carbocycles. The zero-order valence-electron chi connectivity index (χ0n) is 15.2. The molecule has 0 aliphatic rings. The second kappa shape index (κ2) is 8.34. The molecule has 0 bridgehead atoms. The van der Waals surface area contributed by atoms with Crippen molar-refractivity contribution in [3.63, 3.8) is 0 Å². The molecule has 2 aromatic rings. The third-order valence-electron chi connectivity index (χ3n) is 3.96. The summed E-state index contributed by atoms with van der Waals surface area (Å²) in [5.74, 6) is 1.83. The van der Waals surface area contributed by atoms with Crippen LogP contribution in [0.4, 0.5) is 5.82 Å². The molecule has 1 aromatic carbocycles. The maximum Gasteiger partial charge on any atom is 0.193 e. The van der Waals surface area contributed by atoms with E-state index in [0.717, 1.165) is 18.3 Å². The first-order valence-electron chi connectivity index (χ1n) is 8.10. The van der Waals surface area contributed by atoms with Gasteiger partial charge in [0.2, 0.25) is 0 Å². The van der Waals surface area contributed by atoms with E-state index in [4.69, 9.17) is 0 Å². The highest BCUT2D eigenvalue weighted by Gasteiger charge is 2.08. The Morgan fingerprint density at radius 3 is 2.58 bits per heavy atom. The van der Waals surface area contributed by atoms with Gasteiger partial charge in [-0.2, -0.15) is 0 Å². The first-order valence-corrected chi connectivity index (χ1v) is 8.10. The first kappa shape index (κ1) is 17.8. The zero-order chi connectivity index (χ0) is 17.5. The van der Waals surface area contributed by atoms with Gasteiger partial charge in [0.15, 0.2) is 5.96 Å². The second-order valence-electron chi connectivity index (χ2n) is 6.10. The largest absolute Gasteiger partial charge is 0.363 e. The van der Waals surface area contributed by atoms with Crippen LogP contribution < -0.4 is 10.2 Å². The molecule has 0 saturated heterocycles. The summed E-state index contributed by atoms with van der Waals surface area (Å²) in [6, 6.07) is 12.5. The molecule has 5 heteroatoms. The molecule has 1 heterocycles. The topological polar surface area (TPSA) is 43.8 Å². The maximum atomic E-state index is 4.39. The van der Waals surface area contributed by atoms with Gasteiger partial charge >= 0.3 is 0 Å². The summed E-state index contributed by atoms with van der Waals surface area (Å²) in [4.78, 5) is 12.9. The number of pyridine rings is 1. The third kappa shape index (κ3) is 4.72. The highest BCUT2D eigenvalue weighted by atomic mass is 15.3. The molecule has 0 saturated carbocycles. The molecule has 128 valence electrons. The Hall–Kier alpha value is -2.56. The molecule has 1 aromatic heterocycles. The second-order valence-corrected chi connectivity index (χ2v) is 6.10. The minimum Gasteiger partial charge on any atom is -0.363 e. The number of nitrogens with zero attached hydrogens (tertiary/aromatic N) is 4. The van der Waals surface area contributed by atoms with Gasteiger partial charge in [-0.25, -0.2) is 4.98 Å². The van der Waals surface area contributed by atoms with Crippen LogP contribution in [0.15, 0.2) is 47.6 Å². The molecule has 0 spiro atoms. The van der Waals surface area contributed by atoms with Gasteiger partial charge in [0.25, 0.3) is 0 Å². The van der Waals surface area contributed by atoms with Crippen LogP contribution in [-0.4, -0.2) is 44.0 Å². The van der Waals surface area contributed by atoms with Crippen LogP contribution in [0.2, 0.25) is 0 Å². The van der Waals surface area contributed by atoms with E-state index >= 15 is 0 Å². The molecule has 5 nitrogen and oxygen atoms in total. The van der Waals surface area contributed by atoms with Crippen molar-refractivity contribution in [2.45, 2.75) is 20.0 Å². The van der Waals surface area contributed by atoms with E-state index in [1.165, 1.54) is 16.7 Å². The van der Waals surface area contributed by atoms with E-state index in [1.807, 2.05) is 38.3 Å². The van der Waals surface area contributed by atoms with Gasteiger partial charge in [0.05, 0.1) is 0 Å². The van der Waals surface area contributed by atoms with Crippen molar-refractivity contribution in [2.24, 2.45) is 4.99 Å². The van der Waals surface area contributed by atoms with E-state index in [-0.39, 0.29) is 0 Å². The van der Waals surface area contributed by atoms with Gasteiger partial charge < -0.3 is 15.1 Å². The van der Waals surface area contributed by atoms with Crippen LogP contribution in [-0.2, 0) is 13.1 Å². The number of rotatable bonds is 5. The van der Waals surface area contributed by atoms with E-state index in [1.54, 1.807) is 0 Å². The monoisotopic (exact) mass is 325 g/mol. The predicted octanol–water partition coefficient (Wildman–Crippen LogP) is 2.66. The van der Waals surface area contributed by atoms with Crippen LogP contribution in [0.5, 0.6) is 0 Å². The lowest BCUT2D eigenvalue weighted by molar-refractivity contribution is 0.475. The summed E-state index contributed by atoms with van der Waals surface area (Å²) in [6.45, 7) is 3.68. The van der Waals surface area contributed by atoms with Gasteiger partial charge in [-0.05, 0) is 35.7 Å². The zero-order valence-corrected chi connectivity index (χ0v) is 15.2. The number of anilines is 1. The summed E-state index contributed by atoms with van der Waals surface area (Å²) >= 11 is 0. The van der Waals surface area contributed by atoms with Gasteiger partial charge in [-0.15, -0.1) is 0 Å². The first-order chi connectivity index (χ1) is 11.5. The number of guanidine groups is 1. The van der Waals surface area contributed by atoms with Gasteiger partial charge in [0, 0.05) is 47.5 Å². The van der Waals surface area contributed by atoms with Crippen molar-refractivity contribution in [1.29, 1.82) is 0 Å². The molecule has 24 heavy (non-hydrogen) atoms. The lowest BCUT2D eigenvalue weighted by Gasteiger charge is -2.23.